The molecule has 1 aromatic heterocycles. The van der Waals surface area contributed by atoms with Crippen molar-refractivity contribution in [2.45, 2.75) is 45.4 Å². The second-order valence-electron chi connectivity index (χ2n) is 5.44. The fourth-order valence-electron chi connectivity index (χ4n) is 2.43. The predicted octanol–water partition coefficient (Wildman–Crippen LogP) is 3.53. The number of unbranched alkanes of at least 4 members (excludes halogenated alkanes) is 4. The molecule has 1 amide bonds. The van der Waals surface area contributed by atoms with E-state index in [1.165, 1.54) is 6.42 Å². The number of aromatic amines is 1. The summed E-state index contributed by atoms with van der Waals surface area (Å²) in [6, 6.07) is 6.93. The van der Waals surface area contributed by atoms with Crippen LogP contribution in [0.5, 0.6) is 5.75 Å². The maximum absolute atomic E-state index is 12.0. The van der Waals surface area contributed by atoms with E-state index < -0.39 is 5.56 Å². The summed E-state index contributed by atoms with van der Waals surface area (Å²) in [5.41, 5.74) is -0.0182. The van der Waals surface area contributed by atoms with Gasteiger partial charge in [-0.15, -0.1) is 0 Å². The molecule has 5 nitrogen and oxygen atoms in total. The van der Waals surface area contributed by atoms with Crippen LogP contribution in [0.1, 0.15) is 45.4 Å². The third kappa shape index (κ3) is 3.87. The number of amides is 1. The van der Waals surface area contributed by atoms with Gasteiger partial charge in [-0.3, -0.25) is 9.59 Å². The molecule has 0 bridgehead atoms. The number of nitrogens with one attached hydrogen (secondary N) is 2. The number of benzene rings is 1. The Morgan fingerprint density at radius 3 is 2.68 bits per heavy atom. The normalized spacial score (nSPS) is 10.8. The molecule has 5 heteroatoms. The highest BCUT2D eigenvalue weighted by atomic mass is 16.3. The molecule has 0 fully saturated rings. The van der Waals surface area contributed by atoms with Gasteiger partial charge in [0.1, 0.15) is 5.69 Å². The highest BCUT2D eigenvalue weighted by molar-refractivity contribution is 5.97. The lowest BCUT2D eigenvalue weighted by Crippen LogP contribution is -2.19. The van der Waals surface area contributed by atoms with Crippen LogP contribution >= 0.6 is 0 Å². The minimum absolute atomic E-state index is 0.0720. The molecule has 2 aromatic rings. The van der Waals surface area contributed by atoms with Gasteiger partial charge in [-0.2, -0.15) is 0 Å². The summed E-state index contributed by atoms with van der Waals surface area (Å²) in [5.74, 6) is -0.425. The van der Waals surface area contributed by atoms with Gasteiger partial charge in [-0.25, -0.2) is 0 Å². The average molecular weight is 302 g/mol. The van der Waals surface area contributed by atoms with Gasteiger partial charge >= 0.3 is 0 Å². The molecule has 2 rings (SSSR count). The molecular formula is C17H22N2O3. The number of pyridine rings is 1. The van der Waals surface area contributed by atoms with Crippen molar-refractivity contribution in [3.8, 4) is 5.75 Å². The zero-order chi connectivity index (χ0) is 15.9. The van der Waals surface area contributed by atoms with Crippen LogP contribution in [0.4, 0.5) is 5.69 Å². The third-order valence-corrected chi connectivity index (χ3v) is 3.67. The molecule has 0 aliphatic rings. The van der Waals surface area contributed by atoms with E-state index in [9.17, 15) is 14.7 Å². The minimum atomic E-state index is -0.490. The van der Waals surface area contributed by atoms with Crippen molar-refractivity contribution in [1.82, 2.24) is 4.98 Å². The summed E-state index contributed by atoms with van der Waals surface area (Å²) in [6.45, 7) is 2.14. The van der Waals surface area contributed by atoms with Crippen molar-refractivity contribution in [3.63, 3.8) is 0 Å². The van der Waals surface area contributed by atoms with Gasteiger partial charge in [-0.05, 0) is 18.6 Å². The van der Waals surface area contributed by atoms with Crippen molar-refractivity contribution in [3.05, 3.63) is 34.6 Å². The van der Waals surface area contributed by atoms with E-state index in [1.54, 1.807) is 24.3 Å². The molecule has 118 valence electrons. The Morgan fingerprint density at radius 2 is 1.91 bits per heavy atom. The molecule has 0 aliphatic heterocycles. The Bertz CT molecular complexity index is 707. The summed E-state index contributed by atoms with van der Waals surface area (Å²) in [4.78, 5) is 26.5. The Labute approximate surface area is 129 Å². The lowest BCUT2D eigenvalue weighted by atomic mass is 10.1. The fraction of sp³-hybridized carbons (Fsp3) is 0.412. The van der Waals surface area contributed by atoms with Gasteiger partial charge in [0.15, 0.2) is 5.75 Å². The number of carbonyl (C=O) groups is 1. The van der Waals surface area contributed by atoms with Crippen LogP contribution in [-0.2, 0) is 4.79 Å². The molecule has 1 aromatic carbocycles. The quantitative estimate of drug-likeness (QED) is 0.684. The van der Waals surface area contributed by atoms with Crippen molar-refractivity contribution in [2.75, 3.05) is 5.32 Å². The third-order valence-electron chi connectivity index (χ3n) is 3.67. The molecule has 0 saturated heterocycles. The van der Waals surface area contributed by atoms with Crippen LogP contribution in [0, 0.1) is 0 Å². The second-order valence-corrected chi connectivity index (χ2v) is 5.44. The molecule has 1 heterocycles. The smallest absolute Gasteiger partial charge is 0.276 e. The molecule has 0 spiro atoms. The Morgan fingerprint density at radius 1 is 1.18 bits per heavy atom. The number of carbonyl (C=O) groups excluding carboxylic acids is 1. The van der Waals surface area contributed by atoms with Gasteiger partial charge in [0, 0.05) is 11.8 Å². The van der Waals surface area contributed by atoms with Gasteiger partial charge in [-0.1, -0.05) is 44.7 Å². The molecular weight excluding hydrogens is 280 g/mol. The number of aromatic hydroxyl groups is 1. The van der Waals surface area contributed by atoms with Crippen LogP contribution in [0.2, 0.25) is 0 Å². The predicted molar refractivity (Wildman–Crippen MR) is 88.2 cm³/mol. The van der Waals surface area contributed by atoms with Crippen LogP contribution in [0.15, 0.2) is 29.1 Å². The Kier molecular flexibility index (Phi) is 5.58. The SMILES string of the molecule is CCCCCCCC(=O)Nc1c(O)c2ccccc2[nH]c1=O. The molecule has 0 unspecified atom stereocenters. The maximum atomic E-state index is 12.0. The number of hydrogen-bond donors (Lipinski definition) is 3. The molecule has 22 heavy (non-hydrogen) atoms. The van der Waals surface area contributed by atoms with Crippen molar-refractivity contribution in [2.24, 2.45) is 0 Å². The fourth-order valence-corrected chi connectivity index (χ4v) is 2.43. The first kappa shape index (κ1) is 16.1. The van der Waals surface area contributed by atoms with Crippen LogP contribution in [-0.4, -0.2) is 16.0 Å². The summed E-state index contributed by atoms with van der Waals surface area (Å²) < 4.78 is 0. The zero-order valence-corrected chi connectivity index (χ0v) is 12.8. The van der Waals surface area contributed by atoms with Crippen molar-refractivity contribution < 1.29 is 9.90 Å². The number of rotatable bonds is 7. The van der Waals surface area contributed by atoms with E-state index in [0.717, 1.165) is 25.7 Å². The number of hydrogen-bond acceptors (Lipinski definition) is 3. The van der Waals surface area contributed by atoms with E-state index in [4.69, 9.17) is 0 Å². The minimum Gasteiger partial charge on any atom is -0.505 e. The largest absolute Gasteiger partial charge is 0.505 e. The second kappa shape index (κ2) is 7.64. The van der Waals surface area contributed by atoms with Crippen LogP contribution in [0.25, 0.3) is 10.9 Å². The average Bonchev–Trinajstić information content (AvgIpc) is 2.51. The van der Waals surface area contributed by atoms with E-state index in [2.05, 4.69) is 17.2 Å². The highest BCUT2D eigenvalue weighted by Crippen LogP contribution is 2.27. The van der Waals surface area contributed by atoms with Crippen LogP contribution in [0.3, 0.4) is 0 Å². The lowest BCUT2D eigenvalue weighted by Gasteiger charge is -2.09. The number of para-hydroxylation sites is 1. The molecule has 0 atom stereocenters. The highest BCUT2D eigenvalue weighted by Gasteiger charge is 2.13. The topological polar surface area (TPSA) is 82.2 Å². The van der Waals surface area contributed by atoms with Crippen molar-refractivity contribution >= 4 is 22.5 Å². The summed E-state index contributed by atoms with van der Waals surface area (Å²) in [6.07, 6.45) is 5.60. The van der Waals surface area contributed by atoms with Gasteiger partial charge in [0.05, 0.1) is 5.52 Å². The van der Waals surface area contributed by atoms with Crippen molar-refractivity contribution in [1.29, 1.82) is 0 Å². The standard InChI is InChI=1S/C17H22N2O3/c1-2-3-4-5-6-11-14(20)19-15-16(21)12-9-7-8-10-13(12)18-17(15)22/h7-10H,2-6,11H2,1H3,(H,19,20)(H2,18,21,22). The monoisotopic (exact) mass is 302 g/mol. The van der Waals surface area contributed by atoms with E-state index in [0.29, 0.717) is 17.3 Å². The van der Waals surface area contributed by atoms with E-state index in [-0.39, 0.29) is 17.3 Å². The van der Waals surface area contributed by atoms with E-state index in [1.807, 2.05) is 0 Å². The summed E-state index contributed by atoms with van der Waals surface area (Å²) in [7, 11) is 0. The molecule has 3 N–H and O–H groups in total. The molecule has 0 aliphatic carbocycles. The molecule has 0 radical (unpaired) electrons. The molecule has 0 saturated carbocycles. The summed E-state index contributed by atoms with van der Waals surface area (Å²) >= 11 is 0. The number of fused-ring (bicyclic) bond motifs is 1. The maximum Gasteiger partial charge on any atom is 0.276 e. The lowest BCUT2D eigenvalue weighted by molar-refractivity contribution is -0.116. The first-order valence-corrected chi connectivity index (χ1v) is 7.77. The summed E-state index contributed by atoms with van der Waals surface area (Å²) in [5, 5.41) is 13.2. The number of aromatic nitrogens is 1. The Hall–Kier alpha value is -2.30. The number of H-pyrrole nitrogens is 1. The zero-order valence-electron chi connectivity index (χ0n) is 12.8. The van der Waals surface area contributed by atoms with Gasteiger partial charge in [0.25, 0.3) is 5.56 Å². The van der Waals surface area contributed by atoms with E-state index >= 15 is 0 Å². The first-order chi connectivity index (χ1) is 10.6. The van der Waals surface area contributed by atoms with Gasteiger partial charge < -0.3 is 15.4 Å². The number of anilines is 1. The van der Waals surface area contributed by atoms with Gasteiger partial charge in [0.2, 0.25) is 5.91 Å². The Balaban J connectivity index is 2.05. The first-order valence-electron chi connectivity index (χ1n) is 7.77. The van der Waals surface area contributed by atoms with Crippen LogP contribution < -0.4 is 10.9 Å².